The fourth-order valence-electron chi connectivity index (χ4n) is 4.30. The van der Waals surface area contributed by atoms with Gasteiger partial charge in [-0.25, -0.2) is 9.78 Å². The van der Waals surface area contributed by atoms with Crippen LogP contribution in [0.4, 0.5) is 4.79 Å². The molecule has 1 saturated heterocycles. The lowest BCUT2D eigenvalue weighted by atomic mass is 10.0. The minimum absolute atomic E-state index is 0.0756. The molecular weight excluding hydrogens is 520 g/mol. The Morgan fingerprint density at radius 1 is 1.00 bits per heavy atom. The molecule has 1 aromatic carbocycles. The number of hydrogen-bond donors (Lipinski definition) is 2. The maximum absolute atomic E-state index is 13.4. The summed E-state index contributed by atoms with van der Waals surface area (Å²) in [6.45, 7) is 3.06. The van der Waals surface area contributed by atoms with E-state index in [9.17, 15) is 24.3 Å². The largest absolute Gasteiger partial charge is 0.481 e. The number of aromatic nitrogens is 1. The molecule has 10 nitrogen and oxygen atoms in total. The monoisotopic (exact) mass is 550 g/mol. The topological polar surface area (TPSA) is 129 Å². The minimum Gasteiger partial charge on any atom is -0.481 e. The fraction of sp³-hybridized carbons (Fsp3) is 0.321. The van der Waals surface area contributed by atoms with Crippen molar-refractivity contribution in [2.24, 2.45) is 0 Å². The average Bonchev–Trinajstić information content (AvgIpc) is 3.50. The van der Waals surface area contributed by atoms with Crippen LogP contribution < -0.4 is 5.32 Å². The third kappa shape index (κ3) is 7.20. The number of nitrogens with one attached hydrogen (secondary N) is 1. The van der Waals surface area contributed by atoms with E-state index in [1.165, 1.54) is 21.1 Å². The second-order valence-electron chi connectivity index (χ2n) is 8.97. The Morgan fingerprint density at radius 3 is 2.36 bits per heavy atom. The Morgan fingerprint density at radius 2 is 1.72 bits per heavy atom. The molecule has 3 amide bonds. The van der Waals surface area contributed by atoms with Gasteiger partial charge in [-0.05, 0) is 53.4 Å². The maximum atomic E-state index is 13.4. The van der Waals surface area contributed by atoms with Gasteiger partial charge in [0, 0.05) is 38.2 Å². The van der Waals surface area contributed by atoms with Crippen LogP contribution in [0.2, 0.25) is 0 Å². The van der Waals surface area contributed by atoms with Crippen molar-refractivity contribution < 1.29 is 29.0 Å². The quantitative estimate of drug-likeness (QED) is 0.415. The van der Waals surface area contributed by atoms with Gasteiger partial charge in [-0.3, -0.25) is 14.4 Å². The van der Waals surface area contributed by atoms with Crippen LogP contribution in [0.1, 0.15) is 30.3 Å². The number of carboxylic acid groups (broad SMARTS) is 1. The molecule has 2 aromatic heterocycles. The van der Waals surface area contributed by atoms with Gasteiger partial charge in [0.05, 0.1) is 12.3 Å². The molecule has 0 aliphatic carbocycles. The van der Waals surface area contributed by atoms with E-state index in [4.69, 9.17) is 4.74 Å². The minimum atomic E-state index is -1.07. The molecule has 11 heteroatoms. The fourth-order valence-corrected chi connectivity index (χ4v) is 4.97. The SMILES string of the molecule is CCOC(=O)N1CCN(C(=O)[C@H](CCC(=O)O)NC(=O)c2cc(-c3ccsc3)cc(-c3ccccc3)n2)CC1. The first kappa shape index (κ1) is 27.8. The predicted octanol–water partition coefficient (Wildman–Crippen LogP) is 3.74. The highest BCUT2D eigenvalue weighted by molar-refractivity contribution is 7.08. The second kappa shape index (κ2) is 13.0. The summed E-state index contributed by atoms with van der Waals surface area (Å²) in [6, 6.07) is 13.9. The Balaban J connectivity index is 1.55. The lowest BCUT2D eigenvalue weighted by molar-refractivity contribution is -0.138. The molecule has 0 unspecified atom stereocenters. The van der Waals surface area contributed by atoms with E-state index >= 15 is 0 Å². The van der Waals surface area contributed by atoms with Crippen LogP contribution in [0, 0.1) is 0 Å². The van der Waals surface area contributed by atoms with Crippen molar-refractivity contribution in [3.05, 3.63) is 65.0 Å². The highest BCUT2D eigenvalue weighted by Crippen LogP contribution is 2.27. The normalized spacial score (nSPS) is 14.0. The van der Waals surface area contributed by atoms with Crippen molar-refractivity contribution in [3.8, 4) is 22.4 Å². The highest BCUT2D eigenvalue weighted by atomic mass is 32.1. The molecule has 0 bridgehead atoms. The van der Waals surface area contributed by atoms with Gasteiger partial charge in [0.15, 0.2) is 0 Å². The van der Waals surface area contributed by atoms with Gasteiger partial charge in [0.2, 0.25) is 5.91 Å². The predicted molar refractivity (Wildman–Crippen MR) is 146 cm³/mol. The zero-order chi connectivity index (χ0) is 27.8. The van der Waals surface area contributed by atoms with Gasteiger partial charge in [0.25, 0.3) is 5.91 Å². The summed E-state index contributed by atoms with van der Waals surface area (Å²) in [7, 11) is 0. The van der Waals surface area contributed by atoms with Crippen molar-refractivity contribution in [2.75, 3.05) is 32.8 Å². The van der Waals surface area contributed by atoms with E-state index < -0.39 is 29.9 Å². The number of benzene rings is 1. The number of carbonyl (C=O) groups is 4. The van der Waals surface area contributed by atoms with Crippen molar-refractivity contribution in [1.82, 2.24) is 20.1 Å². The first-order valence-corrected chi connectivity index (χ1v) is 13.6. The van der Waals surface area contributed by atoms with E-state index in [2.05, 4.69) is 10.3 Å². The average molecular weight is 551 g/mol. The van der Waals surface area contributed by atoms with Gasteiger partial charge in [-0.2, -0.15) is 11.3 Å². The molecule has 204 valence electrons. The molecule has 1 aliphatic rings. The molecule has 1 aliphatic heterocycles. The maximum Gasteiger partial charge on any atom is 0.409 e. The van der Waals surface area contributed by atoms with Crippen LogP contribution in [-0.4, -0.2) is 82.6 Å². The van der Waals surface area contributed by atoms with Crippen molar-refractivity contribution in [1.29, 1.82) is 0 Å². The number of carboxylic acids is 1. The van der Waals surface area contributed by atoms with Crippen LogP contribution >= 0.6 is 11.3 Å². The molecule has 1 fully saturated rings. The number of aliphatic carboxylic acids is 1. The lowest BCUT2D eigenvalue weighted by Crippen LogP contribution is -2.56. The first-order chi connectivity index (χ1) is 18.9. The zero-order valence-corrected chi connectivity index (χ0v) is 22.4. The third-order valence-electron chi connectivity index (χ3n) is 6.35. The van der Waals surface area contributed by atoms with E-state index in [1.54, 1.807) is 13.0 Å². The summed E-state index contributed by atoms with van der Waals surface area (Å²) in [5.74, 6) is -2.04. The van der Waals surface area contributed by atoms with Gasteiger partial charge in [-0.15, -0.1) is 0 Å². The molecule has 3 aromatic rings. The molecule has 1 atom stereocenters. The van der Waals surface area contributed by atoms with Crippen LogP contribution in [0.25, 0.3) is 22.4 Å². The van der Waals surface area contributed by atoms with Gasteiger partial charge < -0.3 is 25.0 Å². The van der Waals surface area contributed by atoms with E-state index in [1.807, 2.05) is 53.2 Å². The summed E-state index contributed by atoms with van der Waals surface area (Å²) in [5, 5.41) is 15.9. The summed E-state index contributed by atoms with van der Waals surface area (Å²) < 4.78 is 5.02. The Hall–Kier alpha value is -4.25. The molecule has 39 heavy (non-hydrogen) atoms. The Labute approximate surface area is 230 Å². The van der Waals surface area contributed by atoms with Crippen molar-refractivity contribution >= 4 is 35.2 Å². The lowest BCUT2D eigenvalue weighted by Gasteiger charge is -2.35. The number of rotatable bonds is 9. The van der Waals surface area contributed by atoms with Crippen molar-refractivity contribution in [3.63, 3.8) is 0 Å². The zero-order valence-electron chi connectivity index (χ0n) is 21.5. The number of piperazine rings is 1. The van der Waals surface area contributed by atoms with Crippen LogP contribution in [0.15, 0.2) is 59.3 Å². The molecular formula is C28H30N4O6S. The third-order valence-corrected chi connectivity index (χ3v) is 7.03. The highest BCUT2D eigenvalue weighted by Gasteiger charge is 2.31. The number of carbonyl (C=O) groups excluding carboxylic acids is 3. The molecule has 0 saturated carbocycles. The van der Waals surface area contributed by atoms with Crippen LogP contribution in [0.5, 0.6) is 0 Å². The smallest absolute Gasteiger partial charge is 0.409 e. The Bertz CT molecular complexity index is 1310. The Kier molecular flexibility index (Phi) is 9.27. The number of pyridine rings is 1. The molecule has 3 heterocycles. The number of hydrogen-bond acceptors (Lipinski definition) is 7. The molecule has 0 spiro atoms. The standard InChI is InChI=1S/C28H30N4O6S/c1-2-38-28(37)32-13-11-31(12-14-32)27(36)22(8-9-25(33)34)30-26(35)24-17-21(20-10-15-39-18-20)16-23(29-24)19-6-4-3-5-7-19/h3-7,10,15-18,22H,2,8-9,11-14H2,1H3,(H,30,35)(H,33,34)/t22-/m0/s1. The molecule has 4 rings (SSSR count). The van der Waals surface area contributed by atoms with Gasteiger partial charge in [-0.1, -0.05) is 30.3 Å². The number of amides is 3. The summed E-state index contributed by atoms with van der Waals surface area (Å²) in [6.07, 6.45) is -0.809. The van der Waals surface area contributed by atoms with Gasteiger partial charge in [0.1, 0.15) is 11.7 Å². The number of ether oxygens (including phenoxy) is 1. The number of thiophene rings is 1. The second-order valence-corrected chi connectivity index (χ2v) is 9.75. The van der Waals surface area contributed by atoms with E-state index in [0.717, 1.165) is 16.7 Å². The van der Waals surface area contributed by atoms with Gasteiger partial charge >= 0.3 is 12.1 Å². The molecule has 2 N–H and O–H groups in total. The number of nitrogens with zero attached hydrogens (tertiary/aromatic N) is 3. The summed E-state index contributed by atoms with van der Waals surface area (Å²) in [4.78, 5) is 57.8. The van der Waals surface area contributed by atoms with Crippen molar-refractivity contribution in [2.45, 2.75) is 25.8 Å². The first-order valence-electron chi connectivity index (χ1n) is 12.7. The molecule has 0 radical (unpaired) electrons. The summed E-state index contributed by atoms with van der Waals surface area (Å²) >= 11 is 1.54. The van der Waals surface area contributed by atoms with Crippen LogP contribution in [-0.2, 0) is 14.3 Å². The summed E-state index contributed by atoms with van der Waals surface area (Å²) in [5.41, 5.74) is 3.30. The van der Waals surface area contributed by atoms with Crippen LogP contribution in [0.3, 0.4) is 0 Å². The van der Waals surface area contributed by atoms with E-state index in [0.29, 0.717) is 5.69 Å². The van der Waals surface area contributed by atoms with E-state index in [-0.39, 0.29) is 51.3 Å².